The van der Waals surface area contributed by atoms with Crippen LogP contribution in [-0.2, 0) is 0 Å². The number of halogens is 2. The average molecular weight is 411 g/mol. The summed E-state index contributed by atoms with van der Waals surface area (Å²) in [7, 11) is 0. The molecule has 7 heteroatoms. The van der Waals surface area contributed by atoms with Crippen molar-refractivity contribution in [2.75, 3.05) is 0 Å². The molecule has 26 heavy (non-hydrogen) atoms. The minimum absolute atomic E-state index is 0.199. The number of aromatic nitrogens is 2. The molecule has 3 aromatic rings. The van der Waals surface area contributed by atoms with Crippen LogP contribution in [0.25, 0.3) is 11.3 Å². The highest BCUT2D eigenvalue weighted by molar-refractivity contribution is 9.10. The number of ether oxygens (including phenoxy) is 1. The monoisotopic (exact) mass is 410 g/mol. The van der Waals surface area contributed by atoms with Crippen molar-refractivity contribution in [3.05, 3.63) is 69.9 Å². The van der Waals surface area contributed by atoms with Gasteiger partial charge in [0, 0.05) is 10.4 Å². The summed E-state index contributed by atoms with van der Waals surface area (Å²) in [6, 6.07) is 16.1. The van der Waals surface area contributed by atoms with Crippen molar-refractivity contribution in [1.82, 2.24) is 10.2 Å². The maximum absolute atomic E-state index is 14.7. The highest BCUT2D eigenvalue weighted by Crippen LogP contribution is 2.46. The van der Waals surface area contributed by atoms with Crippen LogP contribution >= 0.6 is 15.9 Å². The van der Waals surface area contributed by atoms with Gasteiger partial charge in [0.05, 0.1) is 17.3 Å². The molecule has 2 heterocycles. The molecule has 0 aliphatic carbocycles. The second kappa shape index (κ2) is 6.39. The molecule has 0 saturated carbocycles. The van der Waals surface area contributed by atoms with Gasteiger partial charge in [-0.3, -0.25) is 10.5 Å². The highest BCUT2D eigenvalue weighted by atomic mass is 79.9. The maximum atomic E-state index is 14.7. The molecule has 1 aromatic heterocycles. The summed E-state index contributed by atoms with van der Waals surface area (Å²) < 4.78 is 20.8. The molecular formula is C19H12BrFN4O. The van der Waals surface area contributed by atoms with E-state index in [2.05, 4.69) is 32.2 Å². The molecule has 2 N–H and O–H groups in total. The SMILES string of the molecule is N#CC1C(=N)Oc2n[nH]c(-c3ccccc3)c2C1c1cc(Br)ccc1F. The van der Waals surface area contributed by atoms with Crippen LogP contribution in [0.4, 0.5) is 4.39 Å². The van der Waals surface area contributed by atoms with Gasteiger partial charge in [0.25, 0.3) is 0 Å². The summed E-state index contributed by atoms with van der Waals surface area (Å²) in [5.41, 5.74) is 2.39. The van der Waals surface area contributed by atoms with Crippen molar-refractivity contribution in [3.8, 4) is 23.2 Å². The summed E-state index contributed by atoms with van der Waals surface area (Å²) >= 11 is 3.36. The summed E-state index contributed by atoms with van der Waals surface area (Å²) in [6.07, 6.45) is 0. The van der Waals surface area contributed by atoms with Crippen molar-refractivity contribution < 1.29 is 9.13 Å². The smallest absolute Gasteiger partial charge is 0.244 e. The van der Waals surface area contributed by atoms with Gasteiger partial charge in [-0.25, -0.2) is 4.39 Å². The molecular weight excluding hydrogens is 399 g/mol. The Bertz CT molecular complexity index is 1040. The van der Waals surface area contributed by atoms with Crippen molar-refractivity contribution in [2.45, 2.75) is 5.92 Å². The third-order valence-corrected chi connectivity index (χ3v) is 4.89. The zero-order valence-electron chi connectivity index (χ0n) is 13.3. The summed E-state index contributed by atoms with van der Waals surface area (Å²) in [5.74, 6) is -2.14. The maximum Gasteiger partial charge on any atom is 0.244 e. The van der Waals surface area contributed by atoms with Gasteiger partial charge >= 0.3 is 0 Å². The van der Waals surface area contributed by atoms with E-state index in [4.69, 9.17) is 10.1 Å². The van der Waals surface area contributed by atoms with Gasteiger partial charge in [0.15, 0.2) is 0 Å². The Morgan fingerprint density at radius 3 is 2.73 bits per heavy atom. The van der Waals surface area contributed by atoms with Gasteiger partial charge in [0.1, 0.15) is 11.7 Å². The number of rotatable bonds is 2. The summed E-state index contributed by atoms with van der Waals surface area (Å²) in [6.45, 7) is 0. The number of H-pyrrole nitrogens is 1. The minimum Gasteiger partial charge on any atom is -0.422 e. The van der Waals surface area contributed by atoms with Gasteiger partial charge < -0.3 is 4.74 Å². The first kappa shape index (κ1) is 16.5. The van der Waals surface area contributed by atoms with Crippen LogP contribution in [0.2, 0.25) is 0 Å². The first-order valence-electron chi connectivity index (χ1n) is 7.84. The van der Waals surface area contributed by atoms with E-state index in [-0.39, 0.29) is 11.8 Å². The molecule has 0 bridgehead atoms. The lowest BCUT2D eigenvalue weighted by atomic mass is 9.78. The Labute approximate surface area is 157 Å². The van der Waals surface area contributed by atoms with E-state index in [1.54, 1.807) is 12.1 Å². The molecule has 0 radical (unpaired) electrons. The molecule has 4 rings (SSSR count). The molecule has 0 spiro atoms. The van der Waals surface area contributed by atoms with E-state index >= 15 is 0 Å². The van der Waals surface area contributed by atoms with Crippen molar-refractivity contribution in [2.24, 2.45) is 5.92 Å². The second-order valence-corrected chi connectivity index (χ2v) is 6.82. The third kappa shape index (κ3) is 2.59. The van der Waals surface area contributed by atoms with E-state index in [1.807, 2.05) is 30.3 Å². The molecule has 0 amide bonds. The number of benzene rings is 2. The van der Waals surface area contributed by atoms with E-state index < -0.39 is 17.7 Å². The molecule has 0 fully saturated rings. The van der Waals surface area contributed by atoms with Gasteiger partial charge in [-0.15, -0.1) is 5.10 Å². The topological polar surface area (TPSA) is 85.6 Å². The average Bonchev–Trinajstić information content (AvgIpc) is 3.06. The number of nitrogens with zero attached hydrogens (tertiary/aromatic N) is 2. The zero-order valence-corrected chi connectivity index (χ0v) is 14.9. The van der Waals surface area contributed by atoms with Crippen molar-refractivity contribution in [1.29, 1.82) is 10.7 Å². The van der Waals surface area contributed by atoms with Gasteiger partial charge in [-0.05, 0) is 29.3 Å². The second-order valence-electron chi connectivity index (χ2n) is 5.90. The Morgan fingerprint density at radius 1 is 1.23 bits per heavy atom. The first-order valence-corrected chi connectivity index (χ1v) is 8.64. The summed E-state index contributed by atoms with van der Waals surface area (Å²) in [4.78, 5) is 0. The Hall–Kier alpha value is -2.98. The van der Waals surface area contributed by atoms with E-state index in [9.17, 15) is 9.65 Å². The highest BCUT2D eigenvalue weighted by Gasteiger charge is 2.41. The van der Waals surface area contributed by atoms with E-state index in [1.165, 1.54) is 6.07 Å². The lowest BCUT2D eigenvalue weighted by molar-refractivity contribution is 0.432. The molecule has 0 saturated heterocycles. The molecule has 5 nitrogen and oxygen atoms in total. The lowest BCUT2D eigenvalue weighted by Crippen LogP contribution is -2.31. The van der Waals surface area contributed by atoms with Gasteiger partial charge in [-0.1, -0.05) is 46.3 Å². The number of aromatic amines is 1. The number of nitriles is 1. The number of hydrogen-bond acceptors (Lipinski definition) is 4. The van der Waals surface area contributed by atoms with Crippen molar-refractivity contribution >= 4 is 21.8 Å². The minimum atomic E-state index is -0.952. The Balaban J connectivity index is 1.99. The molecule has 2 unspecified atom stereocenters. The van der Waals surface area contributed by atoms with E-state index in [0.717, 1.165) is 5.56 Å². The van der Waals surface area contributed by atoms with Crippen LogP contribution in [0.5, 0.6) is 5.88 Å². The number of nitrogens with one attached hydrogen (secondary N) is 2. The fourth-order valence-electron chi connectivity index (χ4n) is 3.23. The normalized spacial score (nSPS) is 18.7. The predicted octanol–water partition coefficient (Wildman–Crippen LogP) is 4.62. The third-order valence-electron chi connectivity index (χ3n) is 4.40. The Morgan fingerprint density at radius 2 is 2.00 bits per heavy atom. The fourth-order valence-corrected chi connectivity index (χ4v) is 3.61. The van der Waals surface area contributed by atoms with Crippen LogP contribution < -0.4 is 4.74 Å². The van der Waals surface area contributed by atoms with Crippen LogP contribution in [0.15, 0.2) is 53.0 Å². The lowest BCUT2D eigenvalue weighted by Gasteiger charge is -2.28. The number of hydrogen-bond donors (Lipinski definition) is 2. The zero-order chi connectivity index (χ0) is 18.3. The standard InChI is InChI=1S/C19H12BrFN4O/c20-11-6-7-14(21)12(8-11)15-13(9-22)18(23)26-19-16(15)17(24-25-19)10-4-2-1-3-5-10/h1-8,13,15,23H,(H,24,25). The Kier molecular flexibility index (Phi) is 4.05. The van der Waals surface area contributed by atoms with Crippen LogP contribution in [0, 0.1) is 28.5 Å². The van der Waals surface area contributed by atoms with Crippen LogP contribution in [0.1, 0.15) is 17.0 Å². The molecule has 1 aliphatic rings. The number of fused-ring (bicyclic) bond motifs is 1. The van der Waals surface area contributed by atoms with E-state index in [0.29, 0.717) is 21.3 Å². The summed E-state index contributed by atoms with van der Waals surface area (Å²) in [5, 5.41) is 24.8. The molecule has 1 aliphatic heterocycles. The van der Waals surface area contributed by atoms with Gasteiger partial charge in [-0.2, -0.15) is 5.26 Å². The van der Waals surface area contributed by atoms with Crippen LogP contribution in [0.3, 0.4) is 0 Å². The quantitative estimate of drug-likeness (QED) is 0.645. The fraction of sp³-hybridized carbons (Fsp3) is 0.105. The van der Waals surface area contributed by atoms with Crippen LogP contribution in [-0.4, -0.2) is 16.1 Å². The molecule has 2 atom stereocenters. The first-order chi connectivity index (χ1) is 12.6. The predicted molar refractivity (Wildman–Crippen MR) is 97.4 cm³/mol. The van der Waals surface area contributed by atoms with Crippen molar-refractivity contribution in [3.63, 3.8) is 0 Å². The molecule has 2 aromatic carbocycles. The largest absolute Gasteiger partial charge is 0.422 e. The van der Waals surface area contributed by atoms with Gasteiger partial charge in [0.2, 0.25) is 11.8 Å². The molecule has 128 valence electrons.